The van der Waals surface area contributed by atoms with Crippen molar-refractivity contribution in [3.05, 3.63) is 88.7 Å². The quantitative estimate of drug-likeness (QED) is 0.461. The van der Waals surface area contributed by atoms with Crippen LogP contribution in [0.25, 0.3) is 16.8 Å². The molecule has 2 aromatic heterocycles. The minimum Gasteiger partial charge on any atom is -0.494 e. The second-order valence-corrected chi connectivity index (χ2v) is 7.27. The Morgan fingerprint density at radius 1 is 1.12 bits per heavy atom. The summed E-state index contributed by atoms with van der Waals surface area (Å²) in [6.07, 6.45) is 3.44. The summed E-state index contributed by atoms with van der Waals surface area (Å²) in [5, 5.41) is 7.25. The number of aryl methyl sites for hydroxylation is 1. The standard InChI is InChI=1S/C24H23FN4O3/c1-2-32-20-5-3-4-17(14-20)16-26-23(30)10-11-28-12-13-29-22(24(28)31)15-21(27-29)18-6-8-19(25)9-7-18/h3-9,12-15H,2,10-11,16H2,1H3,(H,26,30). The zero-order valence-corrected chi connectivity index (χ0v) is 17.6. The van der Waals surface area contributed by atoms with Gasteiger partial charge in [0.25, 0.3) is 5.56 Å². The number of halogens is 1. The van der Waals surface area contributed by atoms with Gasteiger partial charge in [-0.3, -0.25) is 9.59 Å². The molecule has 0 unspecified atom stereocenters. The van der Waals surface area contributed by atoms with Crippen molar-refractivity contribution in [2.75, 3.05) is 6.61 Å². The highest BCUT2D eigenvalue weighted by Crippen LogP contribution is 2.18. The largest absolute Gasteiger partial charge is 0.494 e. The smallest absolute Gasteiger partial charge is 0.276 e. The van der Waals surface area contributed by atoms with E-state index in [0.29, 0.717) is 29.9 Å². The van der Waals surface area contributed by atoms with Gasteiger partial charge in [0.1, 0.15) is 17.1 Å². The molecule has 0 aliphatic rings. The number of benzene rings is 2. The first kappa shape index (κ1) is 21.3. The van der Waals surface area contributed by atoms with E-state index in [1.165, 1.54) is 21.2 Å². The molecule has 0 radical (unpaired) electrons. The van der Waals surface area contributed by atoms with Crippen LogP contribution in [0.15, 0.2) is 71.8 Å². The first-order valence-corrected chi connectivity index (χ1v) is 10.4. The molecule has 0 aliphatic heterocycles. The second-order valence-electron chi connectivity index (χ2n) is 7.27. The lowest BCUT2D eigenvalue weighted by molar-refractivity contribution is -0.121. The molecule has 2 aromatic carbocycles. The van der Waals surface area contributed by atoms with Crippen molar-refractivity contribution in [1.29, 1.82) is 0 Å². The number of aromatic nitrogens is 3. The fourth-order valence-electron chi connectivity index (χ4n) is 3.39. The third kappa shape index (κ3) is 4.85. The van der Waals surface area contributed by atoms with Crippen LogP contribution in [0.1, 0.15) is 18.9 Å². The lowest BCUT2D eigenvalue weighted by Crippen LogP contribution is -2.27. The molecule has 8 heteroatoms. The van der Waals surface area contributed by atoms with Gasteiger partial charge in [0.05, 0.1) is 12.3 Å². The number of hydrogen-bond acceptors (Lipinski definition) is 4. The third-order valence-corrected chi connectivity index (χ3v) is 5.02. The highest BCUT2D eigenvalue weighted by Gasteiger charge is 2.10. The maximum Gasteiger partial charge on any atom is 0.276 e. The Hall–Kier alpha value is -3.94. The normalized spacial score (nSPS) is 10.9. The summed E-state index contributed by atoms with van der Waals surface area (Å²) >= 11 is 0. The van der Waals surface area contributed by atoms with E-state index in [1.54, 1.807) is 30.6 Å². The van der Waals surface area contributed by atoms with Gasteiger partial charge >= 0.3 is 0 Å². The second kappa shape index (κ2) is 9.47. The van der Waals surface area contributed by atoms with Gasteiger partial charge in [-0.2, -0.15) is 5.10 Å². The van der Waals surface area contributed by atoms with Gasteiger partial charge in [-0.1, -0.05) is 12.1 Å². The minimum absolute atomic E-state index is 0.154. The summed E-state index contributed by atoms with van der Waals surface area (Å²) in [5.41, 5.74) is 2.38. The summed E-state index contributed by atoms with van der Waals surface area (Å²) in [6, 6.07) is 15.2. The highest BCUT2D eigenvalue weighted by atomic mass is 19.1. The number of ether oxygens (including phenoxy) is 1. The van der Waals surface area contributed by atoms with Gasteiger partial charge in [0, 0.05) is 37.5 Å². The first-order valence-electron chi connectivity index (χ1n) is 10.4. The number of hydrogen-bond donors (Lipinski definition) is 1. The molecule has 1 amide bonds. The molecule has 0 fully saturated rings. The van der Waals surface area contributed by atoms with Crippen LogP contribution in [-0.2, 0) is 17.9 Å². The Bertz CT molecular complexity index is 1290. The monoisotopic (exact) mass is 434 g/mol. The van der Waals surface area contributed by atoms with E-state index in [9.17, 15) is 14.0 Å². The average Bonchev–Trinajstić information content (AvgIpc) is 3.23. The fourth-order valence-corrected chi connectivity index (χ4v) is 3.39. The molecule has 0 saturated carbocycles. The van der Waals surface area contributed by atoms with Crippen LogP contribution in [0, 0.1) is 5.82 Å². The van der Waals surface area contributed by atoms with Gasteiger partial charge in [0.2, 0.25) is 5.91 Å². The Balaban J connectivity index is 1.40. The number of rotatable bonds is 8. The van der Waals surface area contributed by atoms with E-state index in [0.717, 1.165) is 11.3 Å². The molecule has 1 N–H and O–H groups in total. The molecule has 0 bridgehead atoms. The van der Waals surface area contributed by atoms with Crippen molar-refractivity contribution in [1.82, 2.24) is 19.5 Å². The van der Waals surface area contributed by atoms with Crippen LogP contribution in [0.2, 0.25) is 0 Å². The van der Waals surface area contributed by atoms with Crippen molar-refractivity contribution in [2.45, 2.75) is 26.4 Å². The third-order valence-electron chi connectivity index (χ3n) is 5.02. The molecule has 2 heterocycles. The maximum absolute atomic E-state index is 13.2. The molecule has 0 saturated heterocycles. The highest BCUT2D eigenvalue weighted by molar-refractivity contribution is 5.75. The molecule has 0 aliphatic carbocycles. The summed E-state index contributed by atoms with van der Waals surface area (Å²) < 4.78 is 21.6. The predicted octanol–water partition coefficient (Wildman–Crippen LogP) is 3.41. The number of carbonyl (C=O) groups excluding carboxylic acids is 1. The molecule has 164 valence electrons. The summed E-state index contributed by atoms with van der Waals surface area (Å²) in [4.78, 5) is 25.1. The van der Waals surface area contributed by atoms with E-state index in [1.807, 2.05) is 31.2 Å². The summed E-state index contributed by atoms with van der Waals surface area (Å²) in [7, 11) is 0. The van der Waals surface area contributed by atoms with Gasteiger partial charge < -0.3 is 14.6 Å². The predicted molar refractivity (Wildman–Crippen MR) is 119 cm³/mol. The first-order chi connectivity index (χ1) is 15.5. The number of fused-ring (bicyclic) bond motifs is 1. The van der Waals surface area contributed by atoms with Crippen LogP contribution < -0.4 is 15.6 Å². The van der Waals surface area contributed by atoms with Gasteiger partial charge in [-0.15, -0.1) is 0 Å². The molecular formula is C24H23FN4O3. The van der Waals surface area contributed by atoms with Gasteiger partial charge in [-0.25, -0.2) is 8.91 Å². The molecule has 32 heavy (non-hydrogen) atoms. The van der Waals surface area contributed by atoms with Gasteiger partial charge in [-0.05, 0) is 55.0 Å². The van der Waals surface area contributed by atoms with Crippen molar-refractivity contribution in [3.8, 4) is 17.0 Å². The Kier molecular flexibility index (Phi) is 6.30. The summed E-state index contributed by atoms with van der Waals surface area (Å²) in [6.45, 7) is 3.13. The average molecular weight is 434 g/mol. The van der Waals surface area contributed by atoms with Crippen molar-refractivity contribution in [3.63, 3.8) is 0 Å². The number of amides is 1. The Morgan fingerprint density at radius 2 is 1.94 bits per heavy atom. The van der Waals surface area contributed by atoms with Crippen molar-refractivity contribution < 1.29 is 13.9 Å². The van der Waals surface area contributed by atoms with Crippen LogP contribution >= 0.6 is 0 Å². The topological polar surface area (TPSA) is 77.6 Å². The van der Waals surface area contributed by atoms with E-state index in [-0.39, 0.29) is 30.2 Å². The number of carbonyl (C=O) groups is 1. The minimum atomic E-state index is -0.333. The van der Waals surface area contributed by atoms with Crippen LogP contribution in [0.3, 0.4) is 0 Å². The Labute approximate surface area is 184 Å². The zero-order valence-electron chi connectivity index (χ0n) is 17.6. The van der Waals surface area contributed by atoms with Crippen LogP contribution in [0.4, 0.5) is 4.39 Å². The van der Waals surface area contributed by atoms with Crippen molar-refractivity contribution >= 4 is 11.4 Å². The number of nitrogens with zero attached hydrogens (tertiary/aromatic N) is 3. The fraction of sp³-hybridized carbons (Fsp3) is 0.208. The Morgan fingerprint density at radius 3 is 2.72 bits per heavy atom. The molecule has 4 rings (SSSR count). The van der Waals surface area contributed by atoms with E-state index >= 15 is 0 Å². The van der Waals surface area contributed by atoms with Crippen LogP contribution in [-0.4, -0.2) is 26.7 Å². The van der Waals surface area contributed by atoms with E-state index < -0.39 is 0 Å². The zero-order chi connectivity index (χ0) is 22.5. The SMILES string of the molecule is CCOc1cccc(CNC(=O)CCn2ccn3nc(-c4ccc(F)cc4)cc3c2=O)c1. The molecule has 0 spiro atoms. The van der Waals surface area contributed by atoms with E-state index in [4.69, 9.17) is 4.74 Å². The van der Waals surface area contributed by atoms with E-state index in [2.05, 4.69) is 10.4 Å². The van der Waals surface area contributed by atoms with Crippen LogP contribution in [0.5, 0.6) is 5.75 Å². The van der Waals surface area contributed by atoms with Gasteiger partial charge in [0.15, 0.2) is 0 Å². The van der Waals surface area contributed by atoms with Crippen molar-refractivity contribution in [2.24, 2.45) is 0 Å². The molecule has 4 aromatic rings. The molecule has 0 atom stereocenters. The molecular weight excluding hydrogens is 411 g/mol. The molecule has 7 nitrogen and oxygen atoms in total. The lowest BCUT2D eigenvalue weighted by Gasteiger charge is -2.09. The summed E-state index contributed by atoms with van der Waals surface area (Å²) in [5.74, 6) is 0.277. The number of nitrogens with one attached hydrogen (secondary N) is 1. The lowest BCUT2D eigenvalue weighted by atomic mass is 10.1. The maximum atomic E-state index is 13.2.